The molecule has 0 radical (unpaired) electrons. The molecule has 7 heavy (non-hydrogen) atoms. The van der Waals surface area contributed by atoms with Gasteiger partial charge in [0.1, 0.15) is 0 Å². The molecule has 0 aromatic rings. The Bertz CT molecular complexity index is 61.2. The summed E-state index contributed by atoms with van der Waals surface area (Å²) < 4.78 is 0. The molecule has 0 bridgehead atoms. The van der Waals surface area contributed by atoms with Gasteiger partial charge in [0.25, 0.3) is 0 Å². The van der Waals surface area contributed by atoms with Crippen LogP contribution in [0.1, 0.15) is 6.92 Å². The number of hydrogen-bond acceptors (Lipinski definition) is 3. The van der Waals surface area contributed by atoms with Crippen molar-refractivity contribution in [3.8, 4) is 0 Å². The summed E-state index contributed by atoms with van der Waals surface area (Å²) in [6, 6.07) is 0. The molecule has 0 fully saturated rings. The van der Waals surface area contributed by atoms with E-state index in [1.54, 1.807) is 0 Å². The van der Waals surface area contributed by atoms with Gasteiger partial charge in [-0.05, 0) is 6.92 Å². The second kappa shape index (κ2) is 4.22. The zero-order valence-corrected chi connectivity index (χ0v) is 7.02. The fourth-order valence-electron chi connectivity index (χ4n) is 0. The molecule has 0 amide bonds. The zero-order chi connectivity index (χ0) is 5.15. The van der Waals surface area contributed by atoms with Crippen molar-refractivity contribution in [2.24, 2.45) is 0 Å². The van der Waals surface area contributed by atoms with E-state index in [2.05, 4.69) is 0 Å². The first-order chi connectivity index (χ1) is 2.64. The molecular formula is C3H5O3Zn+. The van der Waals surface area contributed by atoms with E-state index in [-0.39, 0.29) is 19.5 Å². The first kappa shape index (κ1) is 10.1. The zero-order valence-electron chi connectivity index (χ0n) is 4.05. The molecule has 0 aliphatic carbocycles. The molecule has 0 aromatic heterocycles. The number of carboxylic acids is 1. The number of aliphatic carboxylic acids is 1. The van der Waals surface area contributed by atoms with Gasteiger partial charge in [0, 0.05) is 0 Å². The Kier molecular flexibility index (Phi) is 6.10. The smallest absolute Gasteiger partial charge is 0.547 e. The number of carboxylic acid groups (broad SMARTS) is 1. The van der Waals surface area contributed by atoms with E-state index >= 15 is 0 Å². The minimum atomic E-state index is -1.44. The third kappa shape index (κ3) is 6.05. The van der Waals surface area contributed by atoms with Crippen LogP contribution in [0.15, 0.2) is 0 Å². The largest absolute Gasteiger partial charge is 2.00 e. The molecule has 0 rings (SSSR count). The molecule has 0 aliphatic rings. The number of hydrogen-bond donors (Lipinski definition) is 1. The Balaban J connectivity index is 0. The average Bonchev–Trinajstić information content (AvgIpc) is 1.36. The standard InChI is InChI=1S/C3H6O3.Zn/c1-2(4)3(5)6;/h2,4H,1H3,(H,5,6);/q;+2/p-1. The minimum Gasteiger partial charge on any atom is -0.547 e. The van der Waals surface area contributed by atoms with Gasteiger partial charge in [0.2, 0.25) is 0 Å². The SMILES string of the molecule is CC(O)C(=O)[O-].[Zn+2]. The molecule has 0 heterocycles. The molecule has 0 aliphatic heterocycles. The van der Waals surface area contributed by atoms with Gasteiger partial charge >= 0.3 is 19.5 Å². The van der Waals surface area contributed by atoms with Crippen molar-refractivity contribution < 1.29 is 34.5 Å². The molecule has 0 saturated heterocycles. The summed E-state index contributed by atoms with van der Waals surface area (Å²) in [6.07, 6.45) is -1.34. The van der Waals surface area contributed by atoms with Crippen LogP contribution in [-0.2, 0) is 24.3 Å². The maximum atomic E-state index is 9.34. The normalized spacial score (nSPS) is 11.7. The Hall–Kier alpha value is 0.0534. The van der Waals surface area contributed by atoms with Gasteiger partial charge in [-0.2, -0.15) is 0 Å². The van der Waals surface area contributed by atoms with Crippen LogP contribution in [0.4, 0.5) is 0 Å². The van der Waals surface area contributed by atoms with E-state index in [0.29, 0.717) is 0 Å². The van der Waals surface area contributed by atoms with Crippen LogP contribution in [0.3, 0.4) is 0 Å². The number of aliphatic hydroxyl groups is 1. The molecule has 0 aromatic carbocycles. The van der Waals surface area contributed by atoms with Crippen molar-refractivity contribution in [2.75, 3.05) is 0 Å². The Labute approximate surface area is 54.1 Å². The van der Waals surface area contributed by atoms with Crippen LogP contribution in [0, 0.1) is 0 Å². The second-order valence-corrected chi connectivity index (χ2v) is 0.995. The molecular weight excluding hydrogens is 149 g/mol. The number of aliphatic hydroxyl groups excluding tert-OH is 1. The van der Waals surface area contributed by atoms with Gasteiger partial charge in [-0.3, -0.25) is 0 Å². The molecule has 3 nitrogen and oxygen atoms in total. The second-order valence-electron chi connectivity index (χ2n) is 0.995. The van der Waals surface area contributed by atoms with E-state index in [0.717, 1.165) is 6.92 Å². The van der Waals surface area contributed by atoms with Crippen LogP contribution in [0.5, 0.6) is 0 Å². The van der Waals surface area contributed by atoms with Gasteiger partial charge in [0.05, 0.1) is 12.1 Å². The van der Waals surface area contributed by atoms with Gasteiger partial charge in [-0.15, -0.1) is 0 Å². The van der Waals surface area contributed by atoms with Crippen LogP contribution in [0.25, 0.3) is 0 Å². The van der Waals surface area contributed by atoms with Crippen LogP contribution < -0.4 is 5.11 Å². The number of rotatable bonds is 1. The predicted octanol–water partition coefficient (Wildman–Crippen LogP) is -1.89. The Morgan fingerprint density at radius 2 is 2.00 bits per heavy atom. The molecule has 1 atom stereocenters. The van der Waals surface area contributed by atoms with Gasteiger partial charge in [-0.25, -0.2) is 0 Å². The summed E-state index contributed by atoms with van der Waals surface area (Å²) in [4.78, 5) is 9.34. The molecule has 0 spiro atoms. The molecule has 1 N–H and O–H groups in total. The quantitative estimate of drug-likeness (QED) is 0.450. The third-order valence-corrected chi connectivity index (χ3v) is 0.341. The average molecular weight is 154 g/mol. The van der Waals surface area contributed by atoms with E-state index < -0.39 is 12.1 Å². The Morgan fingerprint density at radius 1 is 1.86 bits per heavy atom. The summed E-state index contributed by atoms with van der Waals surface area (Å²) in [5.74, 6) is -1.44. The van der Waals surface area contributed by atoms with Crippen LogP contribution in [0.2, 0.25) is 0 Å². The maximum absolute atomic E-state index is 9.34. The summed E-state index contributed by atoms with van der Waals surface area (Å²) >= 11 is 0. The monoisotopic (exact) mass is 153 g/mol. The number of carbonyl (C=O) groups excluding carboxylic acids is 1. The van der Waals surface area contributed by atoms with Crippen LogP contribution >= 0.6 is 0 Å². The van der Waals surface area contributed by atoms with Crippen molar-refractivity contribution >= 4 is 5.97 Å². The third-order valence-electron chi connectivity index (χ3n) is 0.341. The first-order valence-corrected chi connectivity index (χ1v) is 1.53. The topological polar surface area (TPSA) is 60.4 Å². The molecule has 4 heteroatoms. The van der Waals surface area contributed by atoms with E-state index in [9.17, 15) is 9.90 Å². The summed E-state index contributed by atoms with van der Waals surface area (Å²) in [5, 5.41) is 17.3. The fourth-order valence-corrected chi connectivity index (χ4v) is 0. The first-order valence-electron chi connectivity index (χ1n) is 1.53. The van der Waals surface area contributed by atoms with Crippen molar-refractivity contribution in [1.82, 2.24) is 0 Å². The van der Waals surface area contributed by atoms with Gasteiger partial charge in [-0.1, -0.05) is 0 Å². The van der Waals surface area contributed by atoms with Crippen molar-refractivity contribution in [3.05, 3.63) is 0 Å². The number of carbonyl (C=O) groups is 1. The summed E-state index contributed by atoms with van der Waals surface area (Å²) in [7, 11) is 0. The maximum Gasteiger partial charge on any atom is 2.00 e. The van der Waals surface area contributed by atoms with Crippen molar-refractivity contribution in [3.63, 3.8) is 0 Å². The van der Waals surface area contributed by atoms with E-state index in [1.165, 1.54) is 0 Å². The van der Waals surface area contributed by atoms with Crippen LogP contribution in [-0.4, -0.2) is 17.2 Å². The van der Waals surface area contributed by atoms with Crippen molar-refractivity contribution in [2.45, 2.75) is 13.0 Å². The fraction of sp³-hybridized carbons (Fsp3) is 0.667. The van der Waals surface area contributed by atoms with E-state index in [4.69, 9.17) is 5.11 Å². The predicted molar refractivity (Wildman–Crippen MR) is 16.7 cm³/mol. The molecule has 36 valence electrons. The van der Waals surface area contributed by atoms with Crippen molar-refractivity contribution in [1.29, 1.82) is 0 Å². The van der Waals surface area contributed by atoms with E-state index in [1.807, 2.05) is 0 Å². The summed E-state index contributed by atoms with van der Waals surface area (Å²) in [5.41, 5.74) is 0. The summed E-state index contributed by atoms with van der Waals surface area (Å²) in [6.45, 7) is 1.13. The Morgan fingerprint density at radius 3 is 2.00 bits per heavy atom. The van der Waals surface area contributed by atoms with Gasteiger partial charge < -0.3 is 15.0 Å². The molecule has 1 unspecified atom stereocenters. The minimum absolute atomic E-state index is 0. The van der Waals surface area contributed by atoms with Gasteiger partial charge in [0.15, 0.2) is 0 Å². The molecule has 0 saturated carbocycles.